The molecule has 88 valence electrons. The van der Waals surface area contributed by atoms with Crippen molar-refractivity contribution >= 4 is 5.82 Å². The molecule has 0 fully saturated rings. The molecule has 0 radical (unpaired) electrons. The van der Waals surface area contributed by atoms with E-state index in [-0.39, 0.29) is 0 Å². The molecule has 3 nitrogen and oxygen atoms in total. The van der Waals surface area contributed by atoms with E-state index in [1.54, 1.807) is 6.20 Å². The molecule has 0 atom stereocenters. The Bertz CT molecular complexity index is 515. The lowest BCUT2D eigenvalue weighted by Gasteiger charge is -2.07. The summed E-state index contributed by atoms with van der Waals surface area (Å²) in [5.74, 6) is 1.76. The summed E-state index contributed by atoms with van der Waals surface area (Å²) >= 11 is 0. The Morgan fingerprint density at radius 2 is 1.76 bits per heavy atom. The Morgan fingerprint density at radius 1 is 1.12 bits per heavy atom. The monoisotopic (exact) mass is 227 g/mol. The molecule has 2 aromatic rings. The zero-order valence-electron chi connectivity index (χ0n) is 10.4. The molecule has 0 aliphatic carbocycles. The lowest BCUT2D eigenvalue weighted by molar-refractivity contribution is 0.867. The summed E-state index contributed by atoms with van der Waals surface area (Å²) < 4.78 is 0. The molecule has 0 amide bonds. The van der Waals surface area contributed by atoms with E-state index in [1.807, 2.05) is 19.1 Å². The first-order chi connectivity index (χ1) is 8.08. The number of nitrogen functional groups attached to an aromatic ring is 1. The molecule has 0 unspecified atom stereocenters. The fourth-order valence-electron chi connectivity index (χ4n) is 1.61. The van der Waals surface area contributed by atoms with Crippen LogP contribution < -0.4 is 5.73 Å². The maximum Gasteiger partial charge on any atom is 0.161 e. The molecule has 2 N–H and O–H groups in total. The maximum atomic E-state index is 5.78. The van der Waals surface area contributed by atoms with E-state index in [0.29, 0.717) is 17.6 Å². The highest BCUT2D eigenvalue weighted by Gasteiger charge is 2.04. The Labute approximate surface area is 102 Å². The van der Waals surface area contributed by atoms with Crippen molar-refractivity contribution in [3.8, 4) is 11.4 Å². The fraction of sp³-hybridized carbons (Fsp3) is 0.286. The van der Waals surface area contributed by atoms with Crippen molar-refractivity contribution in [3.63, 3.8) is 0 Å². The molecular weight excluding hydrogens is 210 g/mol. The smallest absolute Gasteiger partial charge is 0.161 e. The standard InChI is InChI=1S/C14H17N3/c1-9(2)11-4-6-12(7-5-11)14-16-8-10(3)13(15)17-14/h4-9H,1-3H3,(H2,15,16,17). The SMILES string of the molecule is Cc1cnc(-c2ccc(C(C)C)cc2)nc1N. The number of rotatable bonds is 2. The Balaban J connectivity index is 2.36. The molecule has 1 aromatic carbocycles. The van der Waals surface area contributed by atoms with Gasteiger partial charge in [0.25, 0.3) is 0 Å². The van der Waals surface area contributed by atoms with E-state index in [9.17, 15) is 0 Å². The molecular formula is C14H17N3. The Morgan fingerprint density at radius 3 is 2.29 bits per heavy atom. The first-order valence-electron chi connectivity index (χ1n) is 5.77. The van der Waals surface area contributed by atoms with Crippen molar-refractivity contribution < 1.29 is 0 Å². The van der Waals surface area contributed by atoms with Crippen LogP contribution in [0.2, 0.25) is 0 Å². The number of benzene rings is 1. The topological polar surface area (TPSA) is 51.8 Å². The molecule has 0 spiro atoms. The Kier molecular flexibility index (Phi) is 3.09. The summed E-state index contributed by atoms with van der Waals surface area (Å²) in [5.41, 5.74) is 9.01. The van der Waals surface area contributed by atoms with Crippen LogP contribution in [0.3, 0.4) is 0 Å². The molecule has 0 aliphatic rings. The second-order valence-corrected chi connectivity index (χ2v) is 4.54. The van der Waals surface area contributed by atoms with Crippen LogP contribution in [0.15, 0.2) is 30.5 Å². The minimum absolute atomic E-state index is 0.535. The van der Waals surface area contributed by atoms with Crippen LogP contribution in [0.5, 0.6) is 0 Å². The molecule has 0 saturated heterocycles. The van der Waals surface area contributed by atoms with Crippen LogP contribution in [0.25, 0.3) is 11.4 Å². The predicted molar refractivity (Wildman–Crippen MR) is 70.7 cm³/mol. The zero-order chi connectivity index (χ0) is 12.4. The first kappa shape index (κ1) is 11.6. The van der Waals surface area contributed by atoms with Crippen molar-refractivity contribution in [2.45, 2.75) is 26.7 Å². The van der Waals surface area contributed by atoms with Gasteiger partial charge >= 0.3 is 0 Å². The average Bonchev–Trinajstić information content (AvgIpc) is 2.33. The minimum Gasteiger partial charge on any atom is -0.383 e. The van der Waals surface area contributed by atoms with E-state index >= 15 is 0 Å². The van der Waals surface area contributed by atoms with Gasteiger partial charge in [-0.25, -0.2) is 9.97 Å². The van der Waals surface area contributed by atoms with Gasteiger partial charge in [-0.15, -0.1) is 0 Å². The number of hydrogen-bond donors (Lipinski definition) is 1. The van der Waals surface area contributed by atoms with Gasteiger partial charge < -0.3 is 5.73 Å². The van der Waals surface area contributed by atoms with Gasteiger partial charge in [0.15, 0.2) is 5.82 Å². The molecule has 1 aromatic heterocycles. The molecule has 2 rings (SSSR count). The molecule has 17 heavy (non-hydrogen) atoms. The van der Waals surface area contributed by atoms with Crippen molar-refractivity contribution in [2.75, 3.05) is 5.73 Å². The van der Waals surface area contributed by atoms with Crippen LogP contribution in [0.1, 0.15) is 30.9 Å². The largest absolute Gasteiger partial charge is 0.383 e. The number of hydrogen-bond acceptors (Lipinski definition) is 3. The van der Waals surface area contributed by atoms with E-state index in [0.717, 1.165) is 11.1 Å². The van der Waals surface area contributed by atoms with Gasteiger partial charge in [0.2, 0.25) is 0 Å². The van der Waals surface area contributed by atoms with Gasteiger partial charge in [0.1, 0.15) is 5.82 Å². The highest BCUT2D eigenvalue weighted by molar-refractivity contribution is 5.58. The number of nitrogens with zero attached hydrogens (tertiary/aromatic N) is 2. The van der Waals surface area contributed by atoms with Crippen molar-refractivity contribution in [1.82, 2.24) is 9.97 Å². The average molecular weight is 227 g/mol. The fourth-order valence-corrected chi connectivity index (χ4v) is 1.61. The summed E-state index contributed by atoms with van der Waals surface area (Å²) in [6.07, 6.45) is 1.76. The van der Waals surface area contributed by atoms with E-state index in [1.165, 1.54) is 5.56 Å². The minimum atomic E-state index is 0.535. The summed E-state index contributed by atoms with van der Waals surface area (Å²) in [6, 6.07) is 8.30. The van der Waals surface area contributed by atoms with Gasteiger partial charge in [-0.1, -0.05) is 38.1 Å². The highest BCUT2D eigenvalue weighted by atomic mass is 14.9. The van der Waals surface area contributed by atoms with Crippen LogP contribution in [-0.2, 0) is 0 Å². The number of aromatic nitrogens is 2. The zero-order valence-corrected chi connectivity index (χ0v) is 10.4. The second-order valence-electron chi connectivity index (χ2n) is 4.54. The molecule has 3 heteroatoms. The first-order valence-corrected chi connectivity index (χ1v) is 5.77. The molecule has 0 bridgehead atoms. The van der Waals surface area contributed by atoms with E-state index < -0.39 is 0 Å². The van der Waals surface area contributed by atoms with Gasteiger partial charge in [-0.05, 0) is 18.4 Å². The lowest BCUT2D eigenvalue weighted by atomic mass is 10.0. The van der Waals surface area contributed by atoms with Crippen LogP contribution in [-0.4, -0.2) is 9.97 Å². The van der Waals surface area contributed by atoms with Gasteiger partial charge in [-0.3, -0.25) is 0 Å². The Hall–Kier alpha value is -1.90. The number of anilines is 1. The maximum absolute atomic E-state index is 5.78. The third-order valence-corrected chi connectivity index (χ3v) is 2.85. The normalized spacial score (nSPS) is 10.8. The van der Waals surface area contributed by atoms with Crippen LogP contribution in [0.4, 0.5) is 5.82 Å². The number of nitrogens with two attached hydrogens (primary N) is 1. The van der Waals surface area contributed by atoms with Crippen LogP contribution >= 0.6 is 0 Å². The summed E-state index contributed by atoms with van der Waals surface area (Å²) in [6.45, 7) is 6.26. The molecule has 0 saturated carbocycles. The summed E-state index contributed by atoms with van der Waals surface area (Å²) in [5, 5.41) is 0. The predicted octanol–water partition coefficient (Wildman–Crippen LogP) is 3.16. The highest BCUT2D eigenvalue weighted by Crippen LogP contribution is 2.21. The van der Waals surface area contributed by atoms with E-state index in [4.69, 9.17) is 5.73 Å². The van der Waals surface area contributed by atoms with Crippen molar-refractivity contribution in [3.05, 3.63) is 41.6 Å². The summed E-state index contributed by atoms with van der Waals surface area (Å²) in [7, 11) is 0. The molecule has 0 aliphatic heterocycles. The van der Waals surface area contributed by atoms with Crippen LogP contribution in [0, 0.1) is 6.92 Å². The third-order valence-electron chi connectivity index (χ3n) is 2.85. The van der Waals surface area contributed by atoms with Gasteiger partial charge in [0.05, 0.1) is 0 Å². The quantitative estimate of drug-likeness (QED) is 0.857. The summed E-state index contributed by atoms with van der Waals surface area (Å²) in [4.78, 5) is 8.58. The van der Waals surface area contributed by atoms with Gasteiger partial charge in [0, 0.05) is 17.3 Å². The van der Waals surface area contributed by atoms with Crippen molar-refractivity contribution in [1.29, 1.82) is 0 Å². The second kappa shape index (κ2) is 4.53. The van der Waals surface area contributed by atoms with Crippen molar-refractivity contribution in [2.24, 2.45) is 0 Å². The molecule has 1 heterocycles. The number of aryl methyl sites for hydroxylation is 1. The third kappa shape index (κ3) is 2.44. The lowest BCUT2D eigenvalue weighted by Crippen LogP contribution is -1.98. The van der Waals surface area contributed by atoms with Gasteiger partial charge in [-0.2, -0.15) is 0 Å². The van der Waals surface area contributed by atoms with E-state index in [2.05, 4.69) is 35.9 Å².